The van der Waals surface area contributed by atoms with Crippen molar-refractivity contribution in [1.82, 2.24) is 14.8 Å². The second kappa shape index (κ2) is 6.90. The molecule has 0 saturated carbocycles. The highest BCUT2D eigenvalue weighted by atomic mass is 19.4. The van der Waals surface area contributed by atoms with Gasteiger partial charge in [-0.15, -0.1) is 13.2 Å². The van der Waals surface area contributed by atoms with Crippen LogP contribution in [0.2, 0.25) is 0 Å². The zero-order chi connectivity index (χ0) is 19.6. The SMILES string of the molecule is NC(=O)c1cc(-c2ccc(OC(F)(F)F)cc2)nn(-c2cccnc2)c1=O. The largest absolute Gasteiger partial charge is 0.573 e. The number of ether oxygens (including phenoxy) is 1. The molecule has 0 bridgehead atoms. The molecule has 0 aliphatic carbocycles. The van der Waals surface area contributed by atoms with E-state index in [1.807, 2.05) is 0 Å². The van der Waals surface area contributed by atoms with E-state index in [0.717, 1.165) is 16.8 Å². The van der Waals surface area contributed by atoms with Crippen molar-refractivity contribution in [3.05, 3.63) is 70.8 Å². The molecular formula is C17H11F3N4O3. The Balaban J connectivity index is 2.09. The number of rotatable bonds is 4. The van der Waals surface area contributed by atoms with E-state index in [1.54, 1.807) is 12.1 Å². The molecule has 1 aromatic carbocycles. The fraction of sp³-hybridized carbons (Fsp3) is 0.0588. The Labute approximate surface area is 149 Å². The summed E-state index contributed by atoms with van der Waals surface area (Å²) in [7, 11) is 0. The highest BCUT2D eigenvalue weighted by Crippen LogP contribution is 2.25. The van der Waals surface area contributed by atoms with Crippen LogP contribution in [0.3, 0.4) is 0 Å². The number of nitrogens with two attached hydrogens (primary N) is 1. The lowest BCUT2D eigenvalue weighted by Crippen LogP contribution is -2.30. The zero-order valence-electron chi connectivity index (χ0n) is 13.5. The van der Waals surface area contributed by atoms with Crippen LogP contribution in [0.1, 0.15) is 10.4 Å². The maximum Gasteiger partial charge on any atom is 0.573 e. The van der Waals surface area contributed by atoms with Gasteiger partial charge in [-0.1, -0.05) is 0 Å². The van der Waals surface area contributed by atoms with Gasteiger partial charge in [0.2, 0.25) is 0 Å². The van der Waals surface area contributed by atoms with E-state index in [-0.39, 0.29) is 11.3 Å². The van der Waals surface area contributed by atoms with Crippen LogP contribution in [0.4, 0.5) is 13.2 Å². The summed E-state index contributed by atoms with van der Waals surface area (Å²) in [5.41, 5.74) is 5.01. The number of hydrogen-bond donors (Lipinski definition) is 1. The fourth-order valence-corrected chi connectivity index (χ4v) is 2.29. The monoisotopic (exact) mass is 376 g/mol. The fourth-order valence-electron chi connectivity index (χ4n) is 2.29. The molecular weight excluding hydrogens is 365 g/mol. The normalized spacial score (nSPS) is 11.2. The Bertz CT molecular complexity index is 1030. The van der Waals surface area contributed by atoms with Gasteiger partial charge in [0.1, 0.15) is 11.3 Å². The number of benzene rings is 1. The topological polar surface area (TPSA) is 100 Å². The summed E-state index contributed by atoms with van der Waals surface area (Å²) < 4.78 is 41.5. The van der Waals surface area contributed by atoms with Gasteiger partial charge in [0.25, 0.3) is 11.5 Å². The lowest BCUT2D eigenvalue weighted by atomic mass is 10.1. The maximum atomic E-state index is 12.4. The molecule has 3 rings (SSSR count). The van der Waals surface area contributed by atoms with Gasteiger partial charge < -0.3 is 10.5 Å². The summed E-state index contributed by atoms with van der Waals surface area (Å²) in [5.74, 6) is -1.37. The van der Waals surface area contributed by atoms with Crippen molar-refractivity contribution in [2.24, 2.45) is 5.73 Å². The molecule has 0 aliphatic rings. The molecule has 0 fully saturated rings. The molecule has 0 atom stereocenters. The molecule has 0 saturated heterocycles. The standard InChI is InChI=1S/C17H11F3N4O3/c18-17(19,20)27-12-5-3-10(4-6-12)14-8-13(15(21)25)16(26)24(23-14)11-2-1-7-22-9-11/h1-9H,(H2,21,25). The summed E-state index contributed by atoms with van der Waals surface area (Å²) in [6.45, 7) is 0. The highest BCUT2D eigenvalue weighted by Gasteiger charge is 2.31. The molecule has 2 heterocycles. The molecule has 2 aromatic heterocycles. The number of hydrogen-bond acceptors (Lipinski definition) is 5. The number of nitrogens with zero attached hydrogens (tertiary/aromatic N) is 3. The van der Waals surface area contributed by atoms with Gasteiger partial charge in [-0.25, -0.2) is 0 Å². The number of alkyl halides is 3. The van der Waals surface area contributed by atoms with Gasteiger partial charge in [-0.2, -0.15) is 9.78 Å². The van der Waals surface area contributed by atoms with E-state index >= 15 is 0 Å². The summed E-state index contributed by atoms with van der Waals surface area (Å²) in [5, 5.41) is 4.15. The van der Waals surface area contributed by atoms with Crippen molar-refractivity contribution >= 4 is 5.91 Å². The van der Waals surface area contributed by atoms with Crippen LogP contribution in [0, 0.1) is 0 Å². The summed E-state index contributed by atoms with van der Waals surface area (Å²) >= 11 is 0. The van der Waals surface area contributed by atoms with Crippen LogP contribution in [-0.4, -0.2) is 27.0 Å². The Morgan fingerprint density at radius 3 is 2.41 bits per heavy atom. The predicted molar refractivity (Wildman–Crippen MR) is 88.3 cm³/mol. The molecule has 10 heteroatoms. The van der Waals surface area contributed by atoms with Crippen LogP contribution in [0.15, 0.2) is 59.7 Å². The van der Waals surface area contributed by atoms with Crippen molar-refractivity contribution in [3.8, 4) is 22.7 Å². The summed E-state index contributed by atoms with van der Waals surface area (Å²) in [4.78, 5) is 27.9. The van der Waals surface area contributed by atoms with Gasteiger partial charge in [0, 0.05) is 11.8 Å². The van der Waals surface area contributed by atoms with Crippen LogP contribution in [-0.2, 0) is 0 Å². The second-order valence-corrected chi connectivity index (χ2v) is 5.31. The molecule has 7 nitrogen and oxygen atoms in total. The smallest absolute Gasteiger partial charge is 0.406 e. The molecule has 0 spiro atoms. The van der Waals surface area contributed by atoms with Gasteiger partial charge >= 0.3 is 6.36 Å². The van der Waals surface area contributed by atoms with Crippen molar-refractivity contribution in [1.29, 1.82) is 0 Å². The third-order valence-electron chi connectivity index (χ3n) is 3.45. The molecule has 0 aliphatic heterocycles. The van der Waals surface area contributed by atoms with Crippen LogP contribution in [0.5, 0.6) is 5.75 Å². The predicted octanol–water partition coefficient (Wildman–Crippen LogP) is 2.29. The van der Waals surface area contributed by atoms with Crippen LogP contribution >= 0.6 is 0 Å². The van der Waals surface area contributed by atoms with E-state index in [1.165, 1.54) is 30.6 Å². The summed E-state index contributed by atoms with van der Waals surface area (Å²) in [6.07, 6.45) is -1.96. The lowest BCUT2D eigenvalue weighted by Gasteiger charge is -2.11. The molecule has 1 amide bonds. The molecule has 27 heavy (non-hydrogen) atoms. The Morgan fingerprint density at radius 1 is 1.15 bits per heavy atom. The van der Waals surface area contributed by atoms with Gasteiger partial charge in [-0.05, 0) is 42.5 Å². The zero-order valence-corrected chi connectivity index (χ0v) is 13.5. The number of carbonyl (C=O) groups is 1. The lowest BCUT2D eigenvalue weighted by molar-refractivity contribution is -0.274. The first kappa shape index (κ1) is 18.1. The third-order valence-corrected chi connectivity index (χ3v) is 3.45. The van der Waals surface area contributed by atoms with E-state index in [4.69, 9.17) is 5.73 Å². The third kappa shape index (κ3) is 4.11. The molecule has 138 valence electrons. The van der Waals surface area contributed by atoms with Crippen molar-refractivity contribution in [2.75, 3.05) is 0 Å². The Kier molecular flexibility index (Phi) is 4.63. The number of amides is 1. The van der Waals surface area contributed by atoms with Crippen LogP contribution in [0.25, 0.3) is 16.9 Å². The number of halogens is 3. The minimum absolute atomic E-state index is 0.158. The first-order valence-corrected chi connectivity index (χ1v) is 7.45. The number of pyridine rings is 1. The molecule has 0 unspecified atom stereocenters. The van der Waals surface area contributed by atoms with Crippen molar-refractivity contribution in [3.63, 3.8) is 0 Å². The maximum absolute atomic E-state index is 12.4. The van der Waals surface area contributed by atoms with E-state index in [9.17, 15) is 22.8 Å². The first-order valence-electron chi connectivity index (χ1n) is 7.45. The minimum atomic E-state index is -4.81. The van der Waals surface area contributed by atoms with Gasteiger partial charge in [0.15, 0.2) is 0 Å². The quantitative estimate of drug-likeness (QED) is 0.753. The highest BCUT2D eigenvalue weighted by molar-refractivity contribution is 5.93. The molecule has 3 aromatic rings. The number of aromatic nitrogens is 3. The Morgan fingerprint density at radius 2 is 1.85 bits per heavy atom. The summed E-state index contributed by atoms with van der Waals surface area (Å²) in [6, 6.07) is 9.11. The number of carbonyl (C=O) groups excluding carboxylic acids is 1. The van der Waals surface area contributed by atoms with E-state index in [0.29, 0.717) is 11.3 Å². The minimum Gasteiger partial charge on any atom is -0.406 e. The first-order chi connectivity index (χ1) is 12.7. The van der Waals surface area contributed by atoms with Crippen molar-refractivity contribution in [2.45, 2.75) is 6.36 Å². The van der Waals surface area contributed by atoms with E-state index in [2.05, 4.69) is 14.8 Å². The molecule has 0 radical (unpaired) electrons. The Hall–Kier alpha value is -3.69. The molecule has 2 N–H and O–H groups in total. The van der Waals surface area contributed by atoms with Crippen LogP contribution < -0.4 is 16.0 Å². The number of primary amides is 1. The van der Waals surface area contributed by atoms with E-state index < -0.39 is 23.6 Å². The average Bonchev–Trinajstić information content (AvgIpc) is 2.62. The average molecular weight is 376 g/mol. The second-order valence-electron chi connectivity index (χ2n) is 5.31. The van der Waals surface area contributed by atoms with Crippen molar-refractivity contribution < 1.29 is 22.7 Å². The van der Waals surface area contributed by atoms with Gasteiger partial charge in [-0.3, -0.25) is 14.6 Å². The van der Waals surface area contributed by atoms with Gasteiger partial charge in [0.05, 0.1) is 17.6 Å².